The maximum Gasteiger partial charge on any atom is 0.284 e. The number of hydrogen-bond acceptors (Lipinski definition) is 2. The Morgan fingerprint density at radius 3 is 2.67 bits per heavy atom. The van der Waals surface area contributed by atoms with Crippen molar-refractivity contribution in [3.8, 4) is 5.75 Å². The molecule has 0 bridgehead atoms. The normalized spacial score (nSPS) is 11.2. The molecule has 8 heteroatoms. The summed E-state index contributed by atoms with van der Waals surface area (Å²) in [5.41, 5.74) is 0.649. The molecule has 0 N–H and O–H groups in total. The van der Waals surface area contributed by atoms with Gasteiger partial charge in [-0.15, -0.1) is 0 Å². The number of nitrogens with zero attached hydrogens (tertiary/aromatic N) is 1. The molecule has 96 valence electrons. The Morgan fingerprint density at radius 2 is 2.11 bits per heavy atom. The van der Waals surface area contributed by atoms with Crippen molar-refractivity contribution in [2.75, 3.05) is 0 Å². The molecule has 0 radical (unpaired) electrons. The second-order valence-electron chi connectivity index (χ2n) is 3.43. The number of fused-ring (bicyclic) bond motifs is 1. The van der Waals surface area contributed by atoms with Crippen molar-refractivity contribution in [1.29, 1.82) is 0 Å². The standard InChI is InChI=1S/C10H6BrCl3NO2P/c1-5(16)15-4-8(17-18(13)14)9-7(15)3-2-6(11)10(9)12/h2-4H,1H3. The fourth-order valence-corrected chi connectivity index (χ4v) is 2.95. The van der Waals surface area contributed by atoms with Gasteiger partial charge in [0.1, 0.15) is 0 Å². The van der Waals surface area contributed by atoms with E-state index in [9.17, 15) is 4.79 Å². The third-order valence-corrected chi connectivity index (χ3v) is 4.36. The Kier molecular flexibility index (Phi) is 4.45. The predicted octanol–water partition coefficient (Wildman–Crippen LogP) is 5.80. The largest absolute Gasteiger partial charge is 0.442 e. The van der Waals surface area contributed by atoms with Gasteiger partial charge in [-0.3, -0.25) is 9.36 Å². The summed E-state index contributed by atoms with van der Waals surface area (Å²) < 4.78 is 7.46. The third-order valence-electron chi connectivity index (χ3n) is 2.33. The van der Waals surface area contributed by atoms with Crippen LogP contribution in [0, 0.1) is 0 Å². The first-order chi connectivity index (χ1) is 8.41. The summed E-state index contributed by atoms with van der Waals surface area (Å²) in [6, 6.07) is 3.53. The fourth-order valence-electron chi connectivity index (χ4n) is 1.63. The van der Waals surface area contributed by atoms with E-state index < -0.39 is 6.85 Å². The molecule has 2 rings (SSSR count). The molecule has 0 aliphatic carbocycles. The van der Waals surface area contributed by atoms with Gasteiger partial charge in [0.2, 0.25) is 5.91 Å². The van der Waals surface area contributed by atoms with Gasteiger partial charge in [0, 0.05) is 11.4 Å². The van der Waals surface area contributed by atoms with Crippen molar-refractivity contribution in [1.82, 2.24) is 4.57 Å². The van der Waals surface area contributed by atoms with Gasteiger partial charge in [-0.1, -0.05) is 11.6 Å². The van der Waals surface area contributed by atoms with E-state index in [1.807, 2.05) is 0 Å². The topological polar surface area (TPSA) is 31.2 Å². The van der Waals surface area contributed by atoms with Crippen LogP contribution in [0.5, 0.6) is 5.75 Å². The molecule has 0 amide bonds. The van der Waals surface area contributed by atoms with Gasteiger partial charge in [-0.05, 0) is 50.5 Å². The molecule has 0 saturated heterocycles. The Morgan fingerprint density at radius 1 is 1.44 bits per heavy atom. The summed E-state index contributed by atoms with van der Waals surface area (Å²) in [7, 11) is 0. The highest BCUT2D eigenvalue weighted by Gasteiger charge is 2.18. The van der Waals surface area contributed by atoms with Gasteiger partial charge in [0.05, 0.1) is 22.1 Å². The van der Waals surface area contributed by atoms with E-state index in [-0.39, 0.29) is 5.91 Å². The summed E-state index contributed by atoms with van der Waals surface area (Å²) in [5, 5.41) is 1.06. The first-order valence-corrected chi connectivity index (χ1v) is 8.95. The Labute approximate surface area is 127 Å². The molecule has 18 heavy (non-hydrogen) atoms. The monoisotopic (exact) mass is 387 g/mol. The Hall–Kier alpha value is 0.01000. The van der Waals surface area contributed by atoms with Gasteiger partial charge in [0.25, 0.3) is 6.85 Å². The van der Waals surface area contributed by atoms with E-state index in [0.29, 0.717) is 26.1 Å². The van der Waals surface area contributed by atoms with Gasteiger partial charge in [-0.25, -0.2) is 0 Å². The van der Waals surface area contributed by atoms with Crippen molar-refractivity contribution < 1.29 is 9.32 Å². The first kappa shape index (κ1) is 14.4. The fraction of sp³-hybridized carbons (Fsp3) is 0.100. The van der Waals surface area contributed by atoms with Crippen molar-refractivity contribution in [2.45, 2.75) is 6.92 Å². The minimum absolute atomic E-state index is 0.151. The lowest BCUT2D eigenvalue weighted by atomic mass is 10.2. The van der Waals surface area contributed by atoms with Gasteiger partial charge < -0.3 is 4.52 Å². The molecule has 2 aromatic rings. The summed E-state index contributed by atoms with van der Waals surface area (Å²) in [6.07, 6.45) is 1.53. The van der Waals surface area contributed by atoms with Crippen LogP contribution in [0.1, 0.15) is 11.7 Å². The lowest BCUT2D eigenvalue weighted by Gasteiger charge is -2.04. The molecule has 0 aliphatic rings. The maximum atomic E-state index is 11.5. The zero-order chi connectivity index (χ0) is 13.4. The van der Waals surface area contributed by atoms with E-state index in [1.54, 1.807) is 12.1 Å². The summed E-state index contributed by atoms with van der Waals surface area (Å²) in [5.74, 6) is 0.240. The molecule has 0 saturated carbocycles. The van der Waals surface area contributed by atoms with Crippen LogP contribution >= 0.6 is 56.9 Å². The van der Waals surface area contributed by atoms with E-state index >= 15 is 0 Å². The first-order valence-electron chi connectivity index (χ1n) is 4.71. The average Bonchev–Trinajstić information content (AvgIpc) is 2.62. The smallest absolute Gasteiger partial charge is 0.284 e. The summed E-state index contributed by atoms with van der Waals surface area (Å²) in [6.45, 7) is -0.184. The number of carbonyl (C=O) groups is 1. The van der Waals surface area contributed by atoms with Crippen LogP contribution in [-0.2, 0) is 0 Å². The molecule has 0 aliphatic heterocycles. The molecule has 3 nitrogen and oxygen atoms in total. The molecule has 1 aromatic carbocycles. The summed E-state index contributed by atoms with van der Waals surface area (Å²) in [4.78, 5) is 11.5. The third kappa shape index (κ3) is 2.63. The minimum Gasteiger partial charge on any atom is -0.442 e. The molecule has 0 unspecified atom stereocenters. The van der Waals surface area contributed by atoms with Crippen LogP contribution in [0.2, 0.25) is 5.02 Å². The van der Waals surface area contributed by atoms with Crippen molar-refractivity contribution in [3.63, 3.8) is 0 Å². The molecule has 0 spiro atoms. The summed E-state index contributed by atoms with van der Waals surface area (Å²) >= 11 is 20.8. The Bertz CT molecular complexity index is 629. The van der Waals surface area contributed by atoms with Gasteiger partial charge >= 0.3 is 0 Å². The molecular weight excluding hydrogens is 383 g/mol. The van der Waals surface area contributed by atoms with Crippen molar-refractivity contribution >= 4 is 73.7 Å². The van der Waals surface area contributed by atoms with Crippen LogP contribution in [0.25, 0.3) is 10.9 Å². The van der Waals surface area contributed by atoms with E-state index in [1.165, 1.54) is 17.7 Å². The van der Waals surface area contributed by atoms with E-state index in [0.717, 1.165) is 0 Å². The zero-order valence-corrected chi connectivity index (χ0v) is 13.7. The lowest BCUT2D eigenvalue weighted by Crippen LogP contribution is -2.02. The number of benzene rings is 1. The number of aromatic nitrogens is 1. The van der Waals surface area contributed by atoms with Gasteiger partial charge in [-0.2, -0.15) is 0 Å². The van der Waals surface area contributed by atoms with Crippen LogP contribution in [0.3, 0.4) is 0 Å². The maximum absolute atomic E-state index is 11.5. The minimum atomic E-state index is -1.63. The van der Waals surface area contributed by atoms with Crippen LogP contribution in [0.4, 0.5) is 0 Å². The SMILES string of the molecule is CC(=O)n1cc(OP(Cl)Cl)c2c(Cl)c(Br)ccc21. The number of carbonyl (C=O) groups excluding carboxylic acids is 1. The van der Waals surface area contributed by atoms with Gasteiger partial charge in [0.15, 0.2) is 5.75 Å². The van der Waals surface area contributed by atoms with Crippen molar-refractivity contribution in [2.24, 2.45) is 0 Å². The van der Waals surface area contributed by atoms with Crippen LogP contribution in [0.15, 0.2) is 22.8 Å². The quantitative estimate of drug-likeness (QED) is 0.608. The molecular formula is C10H6BrCl3NO2P. The molecule has 0 atom stereocenters. The number of halogens is 4. The van der Waals surface area contributed by atoms with Crippen LogP contribution in [-0.4, -0.2) is 10.5 Å². The lowest BCUT2D eigenvalue weighted by molar-refractivity contribution is 0.0941. The second-order valence-corrected chi connectivity index (χ2v) is 7.61. The predicted molar refractivity (Wildman–Crippen MR) is 80.2 cm³/mol. The second kappa shape index (κ2) is 5.56. The van der Waals surface area contributed by atoms with E-state index in [4.69, 9.17) is 38.6 Å². The highest BCUT2D eigenvalue weighted by molar-refractivity contribution is 9.10. The number of rotatable bonds is 2. The van der Waals surface area contributed by atoms with E-state index in [2.05, 4.69) is 15.9 Å². The highest BCUT2D eigenvalue weighted by atomic mass is 79.9. The molecule has 1 heterocycles. The Balaban J connectivity index is 2.77. The molecule has 1 aromatic heterocycles. The molecule has 0 fully saturated rings. The number of hydrogen-bond donors (Lipinski definition) is 0. The average molecular weight is 389 g/mol. The highest BCUT2D eigenvalue weighted by Crippen LogP contribution is 2.51. The van der Waals surface area contributed by atoms with Crippen molar-refractivity contribution in [3.05, 3.63) is 27.8 Å². The van der Waals surface area contributed by atoms with Crippen LogP contribution < -0.4 is 4.52 Å². The zero-order valence-electron chi connectivity index (χ0n) is 8.95.